The molecule has 1 rings (SSSR count). The van der Waals surface area contributed by atoms with Crippen LogP contribution in [0.2, 0.25) is 5.02 Å². The number of nitrogens with zero attached hydrogens (tertiary/aromatic N) is 1. The summed E-state index contributed by atoms with van der Waals surface area (Å²) < 4.78 is 0.735. The van der Waals surface area contributed by atoms with E-state index in [-0.39, 0.29) is 12.5 Å². The molecule has 82 valence electrons. The van der Waals surface area contributed by atoms with Gasteiger partial charge in [0.1, 0.15) is 5.82 Å². The molecule has 6 heteroatoms. The molecule has 0 aliphatic heterocycles. The molecule has 15 heavy (non-hydrogen) atoms. The first kappa shape index (κ1) is 12.3. The van der Waals surface area contributed by atoms with Gasteiger partial charge in [0.2, 0.25) is 5.91 Å². The van der Waals surface area contributed by atoms with Crippen LogP contribution in [0.25, 0.3) is 0 Å². The van der Waals surface area contributed by atoms with Crippen LogP contribution in [0.1, 0.15) is 6.92 Å². The van der Waals surface area contributed by atoms with Crippen LogP contribution in [0.3, 0.4) is 0 Å². The summed E-state index contributed by atoms with van der Waals surface area (Å²) in [5.41, 5.74) is 0. The topological polar surface area (TPSA) is 54.0 Å². The van der Waals surface area contributed by atoms with Crippen molar-refractivity contribution in [3.05, 3.63) is 21.8 Å². The predicted molar refractivity (Wildman–Crippen MR) is 64.1 cm³/mol. The van der Waals surface area contributed by atoms with Crippen molar-refractivity contribution in [2.24, 2.45) is 0 Å². The second-order valence-electron chi connectivity index (χ2n) is 2.79. The molecule has 0 unspecified atom stereocenters. The van der Waals surface area contributed by atoms with Crippen molar-refractivity contribution < 1.29 is 4.79 Å². The maximum atomic E-state index is 11.2. The second-order valence-corrected chi connectivity index (χ2v) is 4.08. The third-order valence-corrected chi connectivity index (χ3v) is 2.41. The number of hydrogen-bond acceptors (Lipinski definition) is 3. The number of amides is 1. The van der Waals surface area contributed by atoms with E-state index in [9.17, 15) is 4.79 Å². The summed E-state index contributed by atoms with van der Waals surface area (Å²) in [7, 11) is 0. The Balaban J connectivity index is 2.54. The molecular weight excluding hydrogens is 281 g/mol. The van der Waals surface area contributed by atoms with Gasteiger partial charge in [0.05, 0.1) is 16.0 Å². The number of hydrogen-bond donors (Lipinski definition) is 2. The summed E-state index contributed by atoms with van der Waals surface area (Å²) in [5, 5.41) is 6.12. The molecule has 1 heterocycles. The highest BCUT2D eigenvalue weighted by Crippen LogP contribution is 2.22. The van der Waals surface area contributed by atoms with Gasteiger partial charge in [0.15, 0.2) is 0 Å². The first-order chi connectivity index (χ1) is 7.13. The Bertz CT molecular complexity index is 359. The molecule has 1 aromatic rings. The third kappa shape index (κ3) is 4.05. The number of halogens is 2. The normalized spacial score (nSPS) is 9.80. The van der Waals surface area contributed by atoms with E-state index in [1.807, 2.05) is 6.92 Å². The Labute approximate surface area is 102 Å². The van der Waals surface area contributed by atoms with Crippen LogP contribution < -0.4 is 10.6 Å². The highest BCUT2D eigenvalue weighted by atomic mass is 79.9. The Morgan fingerprint density at radius 1 is 1.67 bits per heavy atom. The maximum Gasteiger partial charge on any atom is 0.239 e. The van der Waals surface area contributed by atoms with Crippen LogP contribution in [0.15, 0.2) is 16.7 Å². The van der Waals surface area contributed by atoms with E-state index in [1.165, 1.54) is 6.20 Å². The van der Waals surface area contributed by atoms with E-state index in [1.54, 1.807) is 6.07 Å². The van der Waals surface area contributed by atoms with Crippen molar-refractivity contribution in [2.45, 2.75) is 6.92 Å². The molecule has 0 saturated carbocycles. The zero-order valence-electron chi connectivity index (χ0n) is 8.18. The van der Waals surface area contributed by atoms with Gasteiger partial charge in [-0.25, -0.2) is 4.98 Å². The van der Waals surface area contributed by atoms with Gasteiger partial charge in [-0.15, -0.1) is 0 Å². The third-order valence-electron chi connectivity index (χ3n) is 1.60. The van der Waals surface area contributed by atoms with Crippen LogP contribution >= 0.6 is 27.5 Å². The molecule has 0 aromatic carbocycles. The van der Waals surface area contributed by atoms with Crippen LogP contribution in [0.4, 0.5) is 5.82 Å². The summed E-state index contributed by atoms with van der Waals surface area (Å²) >= 11 is 9.02. The first-order valence-corrected chi connectivity index (χ1v) is 5.62. The molecule has 0 spiro atoms. The Morgan fingerprint density at radius 3 is 3.00 bits per heavy atom. The minimum atomic E-state index is -0.0684. The summed E-state index contributed by atoms with van der Waals surface area (Å²) in [5.74, 6) is 0.534. The summed E-state index contributed by atoms with van der Waals surface area (Å²) in [6, 6.07) is 1.72. The average molecular weight is 293 g/mol. The van der Waals surface area contributed by atoms with Gasteiger partial charge in [-0.2, -0.15) is 0 Å². The molecule has 0 aliphatic carbocycles. The van der Waals surface area contributed by atoms with Crippen molar-refractivity contribution >= 4 is 39.3 Å². The summed E-state index contributed by atoms with van der Waals surface area (Å²) in [6.45, 7) is 2.69. The van der Waals surface area contributed by atoms with E-state index < -0.39 is 0 Å². The van der Waals surface area contributed by atoms with E-state index >= 15 is 0 Å². The average Bonchev–Trinajstić information content (AvgIpc) is 2.17. The number of carbonyl (C=O) groups is 1. The molecule has 0 atom stereocenters. The molecule has 4 nitrogen and oxygen atoms in total. The van der Waals surface area contributed by atoms with Crippen LogP contribution in [-0.2, 0) is 4.79 Å². The smallest absolute Gasteiger partial charge is 0.239 e. The van der Waals surface area contributed by atoms with Gasteiger partial charge in [0, 0.05) is 12.7 Å². The SMILES string of the molecule is CCNC(=O)CNc1ncc(Cl)cc1Br. The van der Waals surface area contributed by atoms with Gasteiger partial charge in [0.25, 0.3) is 0 Å². The molecule has 1 amide bonds. The lowest BCUT2D eigenvalue weighted by molar-refractivity contribution is -0.119. The molecule has 0 saturated heterocycles. The number of likely N-dealkylation sites (N-methyl/N-ethyl adjacent to an activating group) is 1. The molecule has 2 N–H and O–H groups in total. The Hall–Kier alpha value is -0.810. The highest BCUT2D eigenvalue weighted by Gasteiger charge is 2.04. The van der Waals surface area contributed by atoms with Crippen LogP contribution in [-0.4, -0.2) is 24.0 Å². The molecule has 0 fully saturated rings. The van der Waals surface area contributed by atoms with Crippen molar-refractivity contribution in [2.75, 3.05) is 18.4 Å². The van der Waals surface area contributed by atoms with Crippen LogP contribution in [0.5, 0.6) is 0 Å². The lowest BCUT2D eigenvalue weighted by atomic mass is 10.4. The zero-order valence-corrected chi connectivity index (χ0v) is 10.5. The van der Waals surface area contributed by atoms with Crippen LogP contribution in [0, 0.1) is 0 Å². The van der Waals surface area contributed by atoms with Gasteiger partial charge >= 0.3 is 0 Å². The number of rotatable bonds is 4. The standard InChI is InChI=1S/C9H11BrClN3O/c1-2-12-8(15)5-14-9-7(10)3-6(11)4-13-9/h3-4H,2,5H2,1H3,(H,12,15)(H,13,14). The van der Waals surface area contributed by atoms with Crippen molar-refractivity contribution in [1.82, 2.24) is 10.3 Å². The fourth-order valence-corrected chi connectivity index (χ4v) is 1.75. The van der Waals surface area contributed by atoms with Crippen molar-refractivity contribution in [3.8, 4) is 0 Å². The van der Waals surface area contributed by atoms with Crippen molar-refractivity contribution in [3.63, 3.8) is 0 Å². The maximum absolute atomic E-state index is 11.2. The fraction of sp³-hybridized carbons (Fsp3) is 0.333. The minimum Gasteiger partial charge on any atom is -0.360 e. The number of pyridine rings is 1. The van der Waals surface area contributed by atoms with Crippen molar-refractivity contribution in [1.29, 1.82) is 0 Å². The van der Waals surface area contributed by atoms with E-state index in [0.29, 0.717) is 17.4 Å². The minimum absolute atomic E-state index is 0.0684. The molecule has 0 aliphatic rings. The van der Waals surface area contributed by atoms with Gasteiger partial charge in [-0.3, -0.25) is 4.79 Å². The molecular formula is C9H11BrClN3O. The number of nitrogens with one attached hydrogen (secondary N) is 2. The summed E-state index contributed by atoms with van der Waals surface area (Å²) in [6.07, 6.45) is 1.52. The highest BCUT2D eigenvalue weighted by molar-refractivity contribution is 9.10. The number of carbonyl (C=O) groups excluding carboxylic acids is 1. The second kappa shape index (κ2) is 5.92. The van der Waals surface area contributed by atoms with E-state index in [2.05, 4.69) is 31.5 Å². The quantitative estimate of drug-likeness (QED) is 0.893. The lowest BCUT2D eigenvalue weighted by Crippen LogP contribution is -2.29. The monoisotopic (exact) mass is 291 g/mol. The first-order valence-electron chi connectivity index (χ1n) is 4.45. The molecule has 0 bridgehead atoms. The zero-order chi connectivity index (χ0) is 11.3. The van der Waals surface area contributed by atoms with Gasteiger partial charge < -0.3 is 10.6 Å². The van der Waals surface area contributed by atoms with E-state index in [4.69, 9.17) is 11.6 Å². The van der Waals surface area contributed by atoms with Gasteiger partial charge in [-0.1, -0.05) is 11.6 Å². The molecule has 0 radical (unpaired) electrons. The largest absolute Gasteiger partial charge is 0.360 e. The number of anilines is 1. The Morgan fingerprint density at radius 2 is 2.40 bits per heavy atom. The van der Waals surface area contributed by atoms with Gasteiger partial charge in [-0.05, 0) is 28.9 Å². The predicted octanol–water partition coefficient (Wildman–Crippen LogP) is 2.05. The van der Waals surface area contributed by atoms with E-state index in [0.717, 1.165) is 4.47 Å². The summed E-state index contributed by atoms with van der Waals surface area (Å²) in [4.78, 5) is 15.2. The lowest BCUT2D eigenvalue weighted by Gasteiger charge is -2.07. The molecule has 1 aromatic heterocycles. The fourth-order valence-electron chi connectivity index (χ4n) is 0.968. The Kier molecular flexibility index (Phi) is 4.84. The number of aromatic nitrogens is 1.